The van der Waals surface area contributed by atoms with Crippen molar-refractivity contribution in [3.05, 3.63) is 16.4 Å². The highest BCUT2D eigenvalue weighted by molar-refractivity contribution is 5.47. The van der Waals surface area contributed by atoms with E-state index in [2.05, 4.69) is 4.98 Å². The lowest BCUT2D eigenvalue weighted by atomic mass is 10.1. The Morgan fingerprint density at radius 2 is 2.04 bits per heavy atom. The van der Waals surface area contributed by atoms with Crippen LogP contribution in [0.5, 0.6) is 0 Å². The molecule has 1 aromatic heterocycles. The first-order chi connectivity index (χ1) is 13.3. The summed E-state index contributed by atoms with van der Waals surface area (Å²) in [5, 5.41) is 0. The summed E-state index contributed by atoms with van der Waals surface area (Å²) in [4.78, 5) is 19.9. The third-order valence-electron chi connectivity index (χ3n) is 5.78. The lowest BCUT2D eigenvalue weighted by Crippen LogP contribution is -2.54. The van der Waals surface area contributed by atoms with Crippen LogP contribution in [0, 0.1) is 5.92 Å². The van der Waals surface area contributed by atoms with Crippen molar-refractivity contribution in [1.29, 1.82) is 0 Å². The van der Waals surface area contributed by atoms with Crippen molar-refractivity contribution in [3.63, 3.8) is 0 Å². The van der Waals surface area contributed by atoms with Crippen molar-refractivity contribution < 1.29 is 22.3 Å². The first kappa shape index (κ1) is 19.5. The molecule has 3 atom stereocenters. The number of alkyl halides is 4. The third-order valence-corrected chi connectivity index (χ3v) is 5.78. The molecule has 156 valence electrons. The normalized spacial score (nSPS) is 26.9. The van der Waals surface area contributed by atoms with E-state index in [1.807, 2.05) is 11.8 Å². The summed E-state index contributed by atoms with van der Waals surface area (Å²) in [6.07, 6.45) is -4.79. The van der Waals surface area contributed by atoms with Gasteiger partial charge in [0.05, 0.1) is 25.8 Å². The molecule has 1 saturated heterocycles. The molecule has 28 heavy (non-hydrogen) atoms. The van der Waals surface area contributed by atoms with Crippen LogP contribution in [0.4, 0.5) is 29.3 Å². The van der Waals surface area contributed by atoms with Gasteiger partial charge in [-0.2, -0.15) is 18.2 Å². The Balaban J connectivity index is 1.73. The van der Waals surface area contributed by atoms with Gasteiger partial charge in [-0.1, -0.05) is 0 Å². The number of nitrogens with zero attached hydrogens (tertiary/aromatic N) is 4. The molecule has 1 aromatic rings. The zero-order valence-electron chi connectivity index (χ0n) is 15.7. The average molecular weight is 404 g/mol. The van der Waals surface area contributed by atoms with Gasteiger partial charge in [-0.05, 0) is 32.1 Å². The van der Waals surface area contributed by atoms with Gasteiger partial charge in [-0.15, -0.1) is 0 Å². The highest BCUT2D eigenvalue weighted by Gasteiger charge is 2.48. The van der Waals surface area contributed by atoms with E-state index in [9.17, 15) is 22.4 Å². The molecular weight excluding hydrogens is 380 g/mol. The summed E-state index contributed by atoms with van der Waals surface area (Å²) >= 11 is 0. The summed E-state index contributed by atoms with van der Waals surface area (Å²) < 4.78 is 62.1. The summed E-state index contributed by atoms with van der Waals surface area (Å²) in [5.41, 5.74) is -0.411. The van der Waals surface area contributed by atoms with E-state index in [0.717, 1.165) is 4.90 Å². The van der Waals surface area contributed by atoms with Crippen LogP contribution in [-0.2, 0) is 11.3 Å². The van der Waals surface area contributed by atoms with Gasteiger partial charge in [0.25, 0.3) is 5.56 Å². The minimum absolute atomic E-state index is 0.0560. The number of aromatic nitrogens is 2. The molecule has 1 saturated carbocycles. The van der Waals surface area contributed by atoms with E-state index in [0.29, 0.717) is 38.4 Å². The molecule has 2 fully saturated rings. The van der Waals surface area contributed by atoms with E-state index in [1.165, 1.54) is 10.6 Å². The third kappa shape index (κ3) is 3.70. The van der Waals surface area contributed by atoms with Crippen LogP contribution in [0.2, 0.25) is 0 Å². The number of ether oxygens (including phenoxy) is 1. The molecule has 6 nitrogen and oxygen atoms in total. The standard InChI is InChI=1S/C18H24F4N4O2/c1-11-10-28-7-6-24(11)15-8-16(27)25-5-4-14(18(20,21)22)26(17(25)23-15)9-13(19)12-2-3-12/h8,11-14H,2-7,9-10H2,1H3/t11-,13?,14+/m1/s1. The highest BCUT2D eigenvalue weighted by Crippen LogP contribution is 2.39. The molecule has 3 aliphatic rings. The average Bonchev–Trinajstić information content (AvgIpc) is 3.46. The van der Waals surface area contributed by atoms with Gasteiger partial charge in [-0.25, -0.2) is 4.39 Å². The Bertz CT molecular complexity index is 780. The molecule has 0 spiro atoms. The molecule has 0 amide bonds. The van der Waals surface area contributed by atoms with Gasteiger partial charge in [0, 0.05) is 19.2 Å². The van der Waals surface area contributed by atoms with Crippen molar-refractivity contribution in [2.45, 2.75) is 57.2 Å². The monoisotopic (exact) mass is 404 g/mol. The lowest BCUT2D eigenvalue weighted by molar-refractivity contribution is -0.153. The van der Waals surface area contributed by atoms with Crippen molar-refractivity contribution in [2.75, 3.05) is 36.1 Å². The smallest absolute Gasteiger partial charge is 0.377 e. The van der Waals surface area contributed by atoms with Crippen molar-refractivity contribution >= 4 is 11.8 Å². The highest BCUT2D eigenvalue weighted by atomic mass is 19.4. The maximum Gasteiger partial charge on any atom is 0.408 e. The number of hydrogen-bond acceptors (Lipinski definition) is 5. The second-order valence-electron chi connectivity index (χ2n) is 7.87. The number of hydrogen-bond donors (Lipinski definition) is 0. The molecule has 3 heterocycles. The number of anilines is 2. The maximum absolute atomic E-state index is 14.5. The Morgan fingerprint density at radius 1 is 1.29 bits per heavy atom. The van der Waals surface area contributed by atoms with Crippen LogP contribution in [0.25, 0.3) is 0 Å². The number of halogens is 4. The Kier molecular flexibility index (Phi) is 5.01. The summed E-state index contributed by atoms with van der Waals surface area (Å²) in [7, 11) is 0. The molecule has 1 unspecified atom stereocenters. The molecule has 2 aliphatic heterocycles. The summed E-state index contributed by atoms with van der Waals surface area (Å²) in [6.45, 7) is 2.81. The van der Waals surface area contributed by atoms with Gasteiger partial charge in [0.1, 0.15) is 18.0 Å². The van der Waals surface area contributed by atoms with Gasteiger partial charge >= 0.3 is 6.18 Å². The van der Waals surface area contributed by atoms with Crippen LogP contribution in [0.1, 0.15) is 26.2 Å². The van der Waals surface area contributed by atoms with Gasteiger partial charge in [0.2, 0.25) is 5.95 Å². The minimum atomic E-state index is -4.52. The Hall–Kier alpha value is -1.84. The molecule has 0 N–H and O–H groups in total. The molecule has 0 radical (unpaired) electrons. The van der Waals surface area contributed by atoms with Crippen LogP contribution in [-0.4, -0.2) is 60.3 Å². The Morgan fingerprint density at radius 3 is 2.68 bits per heavy atom. The number of fused-ring (bicyclic) bond motifs is 1. The fourth-order valence-corrected chi connectivity index (χ4v) is 4.02. The SMILES string of the molecule is C[C@@H]1COCCN1c1cc(=O)n2c(n1)N(CC(F)C1CC1)[C@H](C(F)(F)F)CC2. The Labute approximate surface area is 160 Å². The summed E-state index contributed by atoms with van der Waals surface area (Å²) in [5.74, 6) is 0.0400. The van der Waals surface area contributed by atoms with Crippen LogP contribution in [0.15, 0.2) is 10.9 Å². The molecule has 0 aromatic carbocycles. The number of rotatable bonds is 4. The predicted molar refractivity (Wildman–Crippen MR) is 95.6 cm³/mol. The van der Waals surface area contributed by atoms with Crippen molar-refractivity contribution in [1.82, 2.24) is 9.55 Å². The fourth-order valence-electron chi connectivity index (χ4n) is 4.02. The van der Waals surface area contributed by atoms with Gasteiger partial charge in [-0.3, -0.25) is 9.36 Å². The largest absolute Gasteiger partial charge is 0.408 e. The number of morpholine rings is 1. The molecule has 0 bridgehead atoms. The van der Waals surface area contributed by atoms with E-state index in [4.69, 9.17) is 4.74 Å². The second kappa shape index (κ2) is 7.20. The van der Waals surface area contributed by atoms with Gasteiger partial charge in [0.15, 0.2) is 0 Å². The topological polar surface area (TPSA) is 50.6 Å². The van der Waals surface area contributed by atoms with E-state index >= 15 is 0 Å². The molecule has 10 heteroatoms. The minimum Gasteiger partial charge on any atom is -0.377 e. The zero-order chi connectivity index (χ0) is 20.1. The first-order valence-electron chi connectivity index (χ1n) is 9.69. The summed E-state index contributed by atoms with van der Waals surface area (Å²) in [6, 6.07) is -0.543. The van der Waals surface area contributed by atoms with Crippen LogP contribution < -0.4 is 15.4 Å². The quantitative estimate of drug-likeness (QED) is 0.722. The second-order valence-corrected chi connectivity index (χ2v) is 7.87. The molecule has 1 aliphatic carbocycles. The van der Waals surface area contributed by atoms with Crippen molar-refractivity contribution in [2.24, 2.45) is 5.92 Å². The lowest BCUT2D eigenvalue weighted by Gasteiger charge is -2.41. The van der Waals surface area contributed by atoms with Crippen molar-refractivity contribution in [3.8, 4) is 0 Å². The maximum atomic E-state index is 14.5. The molecule has 4 rings (SSSR count). The predicted octanol–water partition coefficient (Wildman–Crippen LogP) is 2.36. The van der Waals surface area contributed by atoms with Gasteiger partial charge < -0.3 is 14.5 Å². The molecular formula is C18H24F4N4O2. The van der Waals surface area contributed by atoms with Crippen LogP contribution >= 0.6 is 0 Å². The van der Waals surface area contributed by atoms with E-state index in [-0.39, 0.29) is 30.9 Å². The van der Waals surface area contributed by atoms with Crippen LogP contribution in [0.3, 0.4) is 0 Å². The zero-order valence-corrected chi connectivity index (χ0v) is 15.7. The van der Waals surface area contributed by atoms with E-state index < -0.39 is 30.5 Å². The first-order valence-corrected chi connectivity index (χ1v) is 9.69. The fraction of sp³-hybridized carbons (Fsp3) is 0.778. The van der Waals surface area contributed by atoms with E-state index in [1.54, 1.807) is 0 Å².